The van der Waals surface area contributed by atoms with Gasteiger partial charge < -0.3 is 10.2 Å². The van der Waals surface area contributed by atoms with Crippen LogP contribution >= 0.6 is 0 Å². The fourth-order valence-corrected chi connectivity index (χ4v) is 8.52. The molecule has 4 unspecified atom stereocenters. The molecule has 2 nitrogen and oxygen atoms in total. The molecule has 0 aromatic heterocycles. The number of hydrogen-bond donors (Lipinski definition) is 2. The minimum atomic E-state index is -4.52. The summed E-state index contributed by atoms with van der Waals surface area (Å²) < 4.78 is 38.2. The zero-order chi connectivity index (χ0) is 22.8. The van der Waals surface area contributed by atoms with E-state index in [2.05, 4.69) is 26.8 Å². The van der Waals surface area contributed by atoms with Crippen molar-refractivity contribution in [3.8, 4) is 0 Å². The standard InChI is InChI=1S/C26H41F3O2/c1-16(5-10-22(30)26(27,28)29)19-8-9-20-18-7-6-17-15-23(2,31)13-14-24(17,3)21(18)11-12-25(19,20)4/h8,16-18,20-22,30-31H,5-7,9-15H2,1-4H3/t16-,17+,18?,20?,21?,22?,23+,24+,25-/m1/s1. The molecule has 0 spiro atoms. The second-order valence-corrected chi connectivity index (χ2v) is 12.2. The van der Waals surface area contributed by atoms with Crippen molar-refractivity contribution in [3.63, 3.8) is 0 Å². The highest BCUT2D eigenvalue weighted by Gasteiger charge is 2.59. The number of alkyl halides is 3. The fraction of sp³-hybridized carbons (Fsp3) is 0.923. The van der Waals surface area contributed by atoms with Crippen LogP contribution in [0.4, 0.5) is 13.2 Å². The van der Waals surface area contributed by atoms with E-state index in [0.717, 1.165) is 32.1 Å². The molecule has 4 aliphatic rings. The van der Waals surface area contributed by atoms with Crippen LogP contribution in [0.15, 0.2) is 11.6 Å². The normalized spacial score (nSPS) is 47.1. The van der Waals surface area contributed by atoms with Crippen molar-refractivity contribution in [1.82, 2.24) is 0 Å². The third-order valence-electron chi connectivity index (χ3n) is 10.4. The Hall–Kier alpha value is -0.550. The molecule has 0 aromatic carbocycles. The maximum absolute atomic E-state index is 12.7. The van der Waals surface area contributed by atoms with Crippen LogP contribution in [-0.2, 0) is 0 Å². The molecule has 0 bridgehead atoms. The number of hydrogen-bond acceptors (Lipinski definition) is 2. The molecular weight excluding hydrogens is 401 g/mol. The van der Waals surface area contributed by atoms with Crippen LogP contribution in [0.5, 0.6) is 0 Å². The lowest BCUT2D eigenvalue weighted by atomic mass is 9.43. The first-order chi connectivity index (χ1) is 14.3. The molecule has 4 rings (SSSR count). The number of halogens is 3. The third kappa shape index (κ3) is 4.00. The van der Waals surface area contributed by atoms with E-state index in [1.165, 1.54) is 24.8 Å². The fourth-order valence-electron chi connectivity index (χ4n) is 8.52. The lowest BCUT2D eigenvalue weighted by Gasteiger charge is -2.62. The first-order valence-electron chi connectivity index (χ1n) is 12.5. The molecule has 0 aliphatic heterocycles. The molecule has 178 valence electrons. The Balaban J connectivity index is 1.46. The highest BCUT2D eigenvalue weighted by molar-refractivity contribution is 5.27. The van der Waals surface area contributed by atoms with E-state index in [4.69, 9.17) is 0 Å². The monoisotopic (exact) mass is 442 g/mol. The summed E-state index contributed by atoms with van der Waals surface area (Å²) in [6.07, 6.45) is 4.51. The second-order valence-electron chi connectivity index (χ2n) is 12.2. The first kappa shape index (κ1) is 23.6. The van der Waals surface area contributed by atoms with Gasteiger partial charge in [0.15, 0.2) is 0 Å². The van der Waals surface area contributed by atoms with Crippen LogP contribution in [0.1, 0.15) is 91.9 Å². The van der Waals surface area contributed by atoms with Crippen LogP contribution in [-0.4, -0.2) is 28.1 Å². The molecule has 5 heteroatoms. The van der Waals surface area contributed by atoms with Gasteiger partial charge in [-0.1, -0.05) is 32.4 Å². The second kappa shape index (κ2) is 7.75. The van der Waals surface area contributed by atoms with Gasteiger partial charge in [0, 0.05) is 0 Å². The predicted octanol–water partition coefficient (Wildman–Crippen LogP) is 6.66. The molecule has 0 aromatic rings. The van der Waals surface area contributed by atoms with Crippen molar-refractivity contribution < 1.29 is 23.4 Å². The van der Waals surface area contributed by atoms with Gasteiger partial charge in [0.1, 0.15) is 6.10 Å². The van der Waals surface area contributed by atoms with E-state index >= 15 is 0 Å². The smallest absolute Gasteiger partial charge is 0.390 e. The van der Waals surface area contributed by atoms with Crippen molar-refractivity contribution in [1.29, 1.82) is 0 Å². The Morgan fingerprint density at radius 2 is 1.74 bits per heavy atom. The van der Waals surface area contributed by atoms with Gasteiger partial charge in [0.2, 0.25) is 0 Å². The van der Waals surface area contributed by atoms with Gasteiger partial charge in [-0.25, -0.2) is 0 Å². The molecule has 2 N–H and O–H groups in total. The number of aliphatic hydroxyl groups is 2. The maximum Gasteiger partial charge on any atom is 0.414 e. The Morgan fingerprint density at radius 3 is 2.42 bits per heavy atom. The van der Waals surface area contributed by atoms with Crippen LogP contribution in [0.2, 0.25) is 0 Å². The highest BCUT2D eigenvalue weighted by atomic mass is 19.4. The summed E-state index contributed by atoms with van der Waals surface area (Å²) in [5, 5.41) is 20.1. The molecule has 4 aliphatic carbocycles. The molecule has 0 radical (unpaired) electrons. The summed E-state index contributed by atoms with van der Waals surface area (Å²) in [7, 11) is 0. The van der Waals surface area contributed by atoms with Crippen molar-refractivity contribution in [2.24, 2.45) is 40.4 Å². The van der Waals surface area contributed by atoms with E-state index in [0.29, 0.717) is 35.5 Å². The Kier molecular flexibility index (Phi) is 5.90. The van der Waals surface area contributed by atoms with Gasteiger partial charge in [0.25, 0.3) is 0 Å². The molecule has 3 saturated carbocycles. The van der Waals surface area contributed by atoms with Gasteiger partial charge in [-0.2, -0.15) is 13.2 Å². The zero-order valence-corrected chi connectivity index (χ0v) is 19.6. The third-order valence-corrected chi connectivity index (χ3v) is 10.4. The Morgan fingerprint density at radius 1 is 1.03 bits per heavy atom. The Bertz CT molecular complexity index is 714. The molecule has 0 heterocycles. The molecule has 31 heavy (non-hydrogen) atoms. The van der Waals surface area contributed by atoms with E-state index < -0.39 is 17.9 Å². The topological polar surface area (TPSA) is 40.5 Å². The SMILES string of the molecule is C[C@H](CCC(O)C(F)(F)F)C1=CCC2C3CC[C@H]4C[C@@](C)(O)CC[C@]4(C)C3CC[C@]12C. The zero-order valence-electron chi connectivity index (χ0n) is 19.6. The molecule has 0 amide bonds. The predicted molar refractivity (Wildman–Crippen MR) is 116 cm³/mol. The minimum absolute atomic E-state index is 0.0836. The lowest BCUT2D eigenvalue weighted by Crippen LogP contribution is -2.55. The van der Waals surface area contributed by atoms with Crippen LogP contribution in [0.25, 0.3) is 0 Å². The summed E-state index contributed by atoms with van der Waals surface area (Å²) in [6.45, 7) is 8.90. The van der Waals surface area contributed by atoms with Crippen LogP contribution < -0.4 is 0 Å². The first-order valence-corrected chi connectivity index (χ1v) is 12.5. The van der Waals surface area contributed by atoms with Crippen LogP contribution in [0.3, 0.4) is 0 Å². The number of aliphatic hydroxyl groups excluding tert-OH is 1. The van der Waals surface area contributed by atoms with Gasteiger partial charge in [-0.05, 0) is 112 Å². The van der Waals surface area contributed by atoms with Crippen molar-refractivity contribution in [3.05, 3.63) is 11.6 Å². The molecule has 3 fully saturated rings. The molecule has 0 saturated heterocycles. The van der Waals surface area contributed by atoms with Gasteiger partial charge >= 0.3 is 6.18 Å². The lowest BCUT2D eigenvalue weighted by molar-refractivity contribution is -0.206. The molecule has 9 atom stereocenters. The summed E-state index contributed by atoms with van der Waals surface area (Å²) in [6, 6.07) is 0. The van der Waals surface area contributed by atoms with E-state index in [9.17, 15) is 23.4 Å². The minimum Gasteiger partial charge on any atom is -0.390 e. The average molecular weight is 443 g/mol. The van der Waals surface area contributed by atoms with Crippen molar-refractivity contribution in [2.45, 2.75) is 110 Å². The van der Waals surface area contributed by atoms with Crippen molar-refractivity contribution >= 4 is 0 Å². The number of fused-ring (bicyclic) bond motifs is 5. The summed E-state index contributed by atoms with van der Waals surface area (Å²) in [5.74, 6) is 2.68. The van der Waals surface area contributed by atoms with Gasteiger partial charge in [-0.15, -0.1) is 0 Å². The van der Waals surface area contributed by atoms with Crippen LogP contribution in [0, 0.1) is 40.4 Å². The Labute approximate surface area is 185 Å². The van der Waals surface area contributed by atoms with E-state index in [1.807, 2.05) is 6.92 Å². The maximum atomic E-state index is 12.7. The number of rotatable bonds is 4. The summed E-state index contributed by atoms with van der Waals surface area (Å²) in [4.78, 5) is 0. The van der Waals surface area contributed by atoms with E-state index in [1.54, 1.807) is 0 Å². The summed E-state index contributed by atoms with van der Waals surface area (Å²) in [5.41, 5.74) is 1.24. The number of allylic oxidation sites excluding steroid dienone is 2. The average Bonchev–Trinajstić information content (AvgIpc) is 3.02. The summed E-state index contributed by atoms with van der Waals surface area (Å²) >= 11 is 0. The van der Waals surface area contributed by atoms with Gasteiger partial charge in [-0.3, -0.25) is 0 Å². The van der Waals surface area contributed by atoms with E-state index in [-0.39, 0.29) is 17.8 Å². The quantitative estimate of drug-likeness (QED) is 0.478. The highest BCUT2D eigenvalue weighted by Crippen LogP contribution is 2.67. The largest absolute Gasteiger partial charge is 0.414 e. The molecular formula is C26H41F3O2. The van der Waals surface area contributed by atoms with Crippen molar-refractivity contribution in [2.75, 3.05) is 0 Å². The van der Waals surface area contributed by atoms with Gasteiger partial charge in [0.05, 0.1) is 5.60 Å².